The molecule has 208 valence electrons. The molecule has 5 nitrogen and oxygen atoms in total. The topological polar surface area (TPSA) is 68.2 Å². The predicted molar refractivity (Wildman–Crippen MR) is 157 cm³/mol. The molecule has 0 radical (unpaired) electrons. The number of thiazole rings is 1. The average molecular weight is 603 g/mol. The van der Waals surface area contributed by atoms with Crippen LogP contribution in [-0.2, 0) is 16.1 Å². The van der Waals surface area contributed by atoms with Crippen LogP contribution in [0, 0.1) is 11.2 Å². The van der Waals surface area contributed by atoms with E-state index in [1.807, 2.05) is 0 Å². The largest absolute Gasteiger partial charge is 0.325 e. The molecule has 4 aromatic rings. The molecule has 40 heavy (non-hydrogen) atoms. The van der Waals surface area contributed by atoms with Crippen LogP contribution < -0.4 is 20.1 Å². The number of thiophene rings is 1. The first-order chi connectivity index (χ1) is 18.9. The quantitative estimate of drug-likeness (QED) is 0.253. The van der Waals surface area contributed by atoms with E-state index in [1.165, 1.54) is 52.3 Å². The number of amides is 1. The summed E-state index contributed by atoms with van der Waals surface area (Å²) in [6, 6.07) is 15.9. The van der Waals surface area contributed by atoms with Crippen molar-refractivity contribution in [1.29, 1.82) is 0 Å². The summed E-state index contributed by atoms with van der Waals surface area (Å²) in [4.78, 5) is 40.8. The molecule has 0 fully saturated rings. The van der Waals surface area contributed by atoms with E-state index in [0.29, 0.717) is 46.9 Å². The second-order valence-corrected chi connectivity index (χ2v) is 13.0. The molecule has 0 aliphatic carbocycles. The fraction of sp³-hybridized carbons (Fsp3) is 0.207. The van der Waals surface area contributed by atoms with Crippen LogP contribution in [0.2, 0.25) is 0 Å². The number of thioether (sulfide) groups is 1. The Labute approximate surface area is 240 Å². The first-order valence-corrected chi connectivity index (χ1v) is 14.6. The Kier molecular flexibility index (Phi) is 9.17. The molecule has 11 heteroatoms. The lowest BCUT2D eigenvalue weighted by Crippen LogP contribution is -2.36. The summed E-state index contributed by atoms with van der Waals surface area (Å²) < 4.78 is 41.2. The number of nitrogens with one attached hydrogen (secondary N) is 1. The highest BCUT2D eigenvalue weighted by Crippen LogP contribution is 2.30. The summed E-state index contributed by atoms with van der Waals surface area (Å²) in [7, 11) is 0. The molecule has 0 unspecified atom stereocenters. The minimum Gasteiger partial charge on any atom is -0.325 e. The second kappa shape index (κ2) is 12.4. The molecule has 1 amide bonds. The number of carbonyl (C=O) groups is 2. The number of hydrogen-bond acceptors (Lipinski definition) is 6. The van der Waals surface area contributed by atoms with Crippen LogP contribution in [-0.4, -0.2) is 22.0 Å². The number of nitrogens with zero attached hydrogens (tertiary/aromatic N) is 1. The minimum atomic E-state index is -2.55. The highest BCUT2D eigenvalue weighted by Gasteiger charge is 2.20. The van der Waals surface area contributed by atoms with Crippen molar-refractivity contribution >= 4 is 64.0 Å². The number of Topliss-reactive ketones (excluding diaryl/α,β-unsaturated/α-hetero) is 1. The molecule has 0 saturated heterocycles. The van der Waals surface area contributed by atoms with Gasteiger partial charge in [0, 0.05) is 37.4 Å². The minimum absolute atomic E-state index is 0.209. The van der Waals surface area contributed by atoms with E-state index in [4.69, 9.17) is 0 Å². The number of carbonyl (C=O) groups excluding carboxylic acids is 2. The number of benzene rings is 2. The number of ketones is 1. The first-order valence-electron chi connectivity index (χ1n) is 12.1. The Morgan fingerprint density at radius 1 is 1.02 bits per heavy atom. The van der Waals surface area contributed by atoms with Gasteiger partial charge in [-0.15, -0.1) is 22.7 Å². The highest BCUT2D eigenvalue weighted by atomic mass is 32.2. The number of rotatable bonds is 8. The molecule has 0 aliphatic rings. The Balaban J connectivity index is 1.67. The highest BCUT2D eigenvalue weighted by molar-refractivity contribution is 7.99. The monoisotopic (exact) mass is 602 g/mol. The van der Waals surface area contributed by atoms with Crippen molar-refractivity contribution in [2.45, 2.75) is 38.0 Å². The van der Waals surface area contributed by atoms with Crippen LogP contribution in [0.15, 0.2) is 70.4 Å². The molecule has 2 aromatic heterocycles. The zero-order valence-corrected chi connectivity index (χ0v) is 24.2. The normalized spacial score (nSPS) is 12.8. The van der Waals surface area contributed by atoms with Gasteiger partial charge in [-0.3, -0.25) is 19.0 Å². The Bertz CT molecular complexity index is 1720. The third kappa shape index (κ3) is 7.41. The lowest BCUT2D eigenvalue weighted by Gasteiger charge is -2.13. The summed E-state index contributed by atoms with van der Waals surface area (Å²) in [6.45, 7) is 4.92. The van der Waals surface area contributed by atoms with Crippen molar-refractivity contribution in [3.05, 3.63) is 90.9 Å². The average Bonchev–Trinajstić information content (AvgIpc) is 3.45. The molecule has 2 aromatic carbocycles. The number of halogens is 3. The van der Waals surface area contributed by atoms with Crippen LogP contribution in [0.3, 0.4) is 0 Å². The summed E-state index contributed by atoms with van der Waals surface area (Å²) in [6.07, 6.45) is 3.03. The first kappa shape index (κ1) is 29.6. The lowest BCUT2D eigenvalue weighted by molar-refractivity contribution is -0.120. The van der Waals surface area contributed by atoms with Gasteiger partial charge in [0.05, 0.1) is 4.53 Å². The molecule has 0 spiro atoms. The van der Waals surface area contributed by atoms with Gasteiger partial charge in [0.15, 0.2) is 5.78 Å². The molecule has 0 aliphatic heterocycles. The molecule has 2 heterocycles. The zero-order chi connectivity index (χ0) is 29.0. The van der Waals surface area contributed by atoms with Crippen molar-refractivity contribution in [3.8, 4) is 10.4 Å². The molecule has 0 bridgehead atoms. The van der Waals surface area contributed by atoms with E-state index >= 15 is 0 Å². The van der Waals surface area contributed by atoms with Crippen molar-refractivity contribution in [2.24, 2.45) is 5.41 Å². The van der Waals surface area contributed by atoms with Crippen molar-refractivity contribution < 1.29 is 22.8 Å². The molecule has 0 saturated carbocycles. The summed E-state index contributed by atoms with van der Waals surface area (Å²) >= 11 is 2.80. The Hall–Kier alpha value is -3.41. The van der Waals surface area contributed by atoms with Gasteiger partial charge < -0.3 is 5.32 Å². The van der Waals surface area contributed by atoms with Crippen LogP contribution >= 0.6 is 34.4 Å². The predicted octanol–water partition coefficient (Wildman–Crippen LogP) is 5.96. The van der Waals surface area contributed by atoms with Gasteiger partial charge in [0.2, 0.25) is 5.91 Å². The number of aromatic nitrogens is 1. The van der Waals surface area contributed by atoms with Crippen LogP contribution in [0.5, 0.6) is 0 Å². The van der Waals surface area contributed by atoms with Crippen molar-refractivity contribution in [3.63, 3.8) is 0 Å². The van der Waals surface area contributed by atoms with Gasteiger partial charge in [0.1, 0.15) is 17.0 Å². The molecule has 4 rings (SSSR count). The van der Waals surface area contributed by atoms with E-state index in [0.717, 1.165) is 11.3 Å². The van der Waals surface area contributed by atoms with E-state index < -0.39 is 22.6 Å². The standard InChI is InChI=1S/C29H25F3N2O3S3/c1-29(2,3)24(35)15-26-34(16-25(36)33-17-8-10-18(11-9-17)39-28(31)32)27(37)23(40-26)14-19-12-13-22(38-19)20-6-4-5-7-21(20)30/h4-15,28H,16H2,1-3H3,(H,33,36)/b23-14-,26-15-. The smallest absolute Gasteiger partial charge is 0.288 e. The van der Waals surface area contributed by atoms with Gasteiger partial charge >= 0.3 is 0 Å². The van der Waals surface area contributed by atoms with Gasteiger partial charge in [-0.1, -0.05) is 50.7 Å². The molecular weight excluding hydrogens is 578 g/mol. The third-order valence-electron chi connectivity index (χ3n) is 5.63. The zero-order valence-electron chi connectivity index (χ0n) is 21.7. The lowest BCUT2D eigenvalue weighted by atomic mass is 9.91. The number of hydrogen-bond donors (Lipinski definition) is 1. The Morgan fingerprint density at radius 3 is 2.38 bits per heavy atom. The van der Waals surface area contributed by atoms with E-state index in [2.05, 4.69) is 5.32 Å². The van der Waals surface area contributed by atoms with Crippen LogP contribution in [0.4, 0.5) is 18.9 Å². The van der Waals surface area contributed by atoms with Gasteiger partial charge in [-0.25, -0.2) is 4.39 Å². The molecular formula is C29H25F3N2O3S3. The SMILES string of the molecule is CC(C)(C)C(=O)/C=c1\s/c(=C\c2ccc(-c3ccccc3F)s2)c(=O)n1CC(=O)Nc1ccc(SC(F)F)cc1. The number of anilines is 1. The molecule has 1 N–H and O–H groups in total. The van der Waals surface area contributed by atoms with Gasteiger partial charge in [-0.2, -0.15) is 8.78 Å². The maximum atomic E-state index is 14.2. The van der Waals surface area contributed by atoms with Crippen LogP contribution in [0.1, 0.15) is 25.6 Å². The fourth-order valence-electron chi connectivity index (χ4n) is 3.55. The maximum absolute atomic E-state index is 14.2. The van der Waals surface area contributed by atoms with Crippen LogP contribution in [0.25, 0.3) is 22.6 Å². The molecule has 0 atom stereocenters. The maximum Gasteiger partial charge on any atom is 0.288 e. The number of alkyl halides is 2. The van der Waals surface area contributed by atoms with Crippen molar-refractivity contribution in [2.75, 3.05) is 5.32 Å². The third-order valence-corrected chi connectivity index (χ3v) is 8.48. The van der Waals surface area contributed by atoms with E-state index in [-0.39, 0.29) is 18.1 Å². The fourth-order valence-corrected chi connectivity index (χ4v) is 6.13. The van der Waals surface area contributed by atoms with Gasteiger partial charge in [0.25, 0.3) is 11.3 Å². The summed E-state index contributed by atoms with van der Waals surface area (Å²) in [5, 5.41) is 2.66. The van der Waals surface area contributed by atoms with E-state index in [9.17, 15) is 27.6 Å². The van der Waals surface area contributed by atoms with E-state index in [1.54, 1.807) is 57.2 Å². The van der Waals surface area contributed by atoms with Crippen molar-refractivity contribution in [1.82, 2.24) is 4.57 Å². The summed E-state index contributed by atoms with van der Waals surface area (Å²) in [5.74, 6) is -3.63. The Morgan fingerprint density at radius 2 is 1.73 bits per heavy atom. The second-order valence-electron chi connectivity index (χ2n) is 9.73. The van der Waals surface area contributed by atoms with Gasteiger partial charge in [-0.05, 0) is 48.5 Å². The summed E-state index contributed by atoms with van der Waals surface area (Å²) in [5.41, 5.74) is -0.304.